The van der Waals surface area contributed by atoms with E-state index in [0.717, 1.165) is 22.8 Å². The molecule has 0 saturated carbocycles. The smallest absolute Gasteiger partial charge is 0.182 e. The van der Waals surface area contributed by atoms with Crippen molar-refractivity contribution in [2.75, 3.05) is 13.1 Å². The molecular formula is C13H19NSi. The Morgan fingerprint density at radius 2 is 2.00 bits per heavy atom. The summed E-state index contributed by atoms with van der Waals surface area (Å²) in [4.78, 5) is 0. The first kappa shape index (κ1) is 12.2. The summed E-state index contributed by atoms with van der Waals surface area (Å²) in [5.74, 6) is 0. The van der Waals surface area contributed by atoms with Gasteiger partial charge in [0.15, 0.2) is 9.68 Å². The van der Waals surface area contributed by atoms with Crippen LogP contribution in [0, 0.1) is 6.92 Å². The highest BCUT2D eigenvalue weighted by Gasteiger charge is 2.07. The number of hydrogen-bond acceptors (Lipinski definition) is 1. The molecule has 0 heterocycles. The van der Waals surface area contributed by atoms with Crippen LogP contribution in [-0.4, -0.2) is 27.3 Å². The van der Waals surface area contributed by atoms with Crippen LogP contribution in [0.4, 0.5) is 0 Å². The van der Waals surface area contributed by atoms with Crippen molar-refractivity contribution in [2.45, 2.75) is 20.8 Å². The minimum absolute atomic E-state index is 0.779. The van der Waals surface area contributed by atoms with Crippen LogP contribution in [-0.2, 0) is 0 Å². The monoisotopic (exact) mass is 217 g/mol. The molecule has 0 aromatic heterocycles. The molecule has 1 nitrogen and oxygen atoms in total. The molecule has 0 aliphatic rings. The Kier molecular flexibility index (Phi) is 4.79. The van der Waals surface area contributed by atoms with Crippen LogP contribution >= 0.6 is 0 Å². The van der Waals surface area contributed by atoms with E-state index >= 15 is 0 Å². The van der Waals surface area contributed by atoms with Gasteiger partial charge in [-0.1, -0.05) is 44.7 Å². The molecule has 0 aliphatic carbocycles. The van der Waals surface area contributed by atoms with Gasteiger partial charge in [0.25, 0.3) is 0 Å². The lowest BCUT2D eigenvalue weighted by atomic mass is 10.1. The highest BCUT2D eigenvalue weighted by atomic mass is 28.2. The van der Waals surface area contributed by atoms with Gasteiger partial charge in [0, 0.05) is 0 Å². The van der Waals surface area contributed by atoms with Crippen molar-refractivity contribution in [1.82, 2.24) is 4.57 Å². The largest absolute Gasteiger partial charge is 0.322 e. The molecule has 0 saturated heterocycles. The molecule has 1 rings (SSSR count). The molecule has 2 heteroatoms. The number of hydrogen-bond donors (Lipinski definition) is 0. The quantitative estimate of drug-likeness (QED) is 0.684. The Hall–Kier alpha value is -0.863. The summed E-state index contributed by atoms with van der Waals surface area (Å²) in [5.41, 5.74) is 2.63. The van der Waals surface area contributed by atoms with Crippen LogP contribution in [0.3, 0.4) is 0 Å². The van der Waals surface area contributed by atoms with Crippen LogP contribution in [0.1, 0.15) is 25.0 Å². The maximum atomic E-state index is 3.84. The molecule has 0 fully saturated rings. The van der Waals surface area contributed by atoms with Gasteiger partial charge in [0.2, 0.25) is 0 Å². The SMILES string of the molecule is C=Cc1cccc([Si]N(CC)CC)c1C. The van der Waals surface area contributed by atoms with Crippen molar-refractivity contribution in [3.05, 3.63) is 35.9 Å². The van der Waals surface area contributed by atoms with Gasteiger partial charge in [-0.15, -0.1) is 0 Å². The fraction of sp³-hybridized carbons (Fsp3) is 0.385. The molecule has 80 valence electrons. The minimum Gasteiger partial charge on any atom is -0.322 e. The van der Waals surface area contributed by atoms with Crippen molar-refractivity contribution in [1.29, 1.82) is 0 Å². The zero-order chi connectivity index (χ0) is 11.3. The summed E-state index contributed by atoms with van der Waals surface area (Å²) in [6, 6.07) is 6.47. The second-order valence-electron chi connectivity index (χ2n) is 3.51. The van der Waals surface area contributed by atoms with E-state index in [-0.39, 0.29) is 0 Å². The summed E-state index contributed by atoms with van der Waals surface area (Å²) in [6.45, 7) is 12.7. The highest BCUT2D eigenvalue weighted by molar-refractivity contribution is 6.51. The van der Waals surface area contributed by atoms with Crippen LogP contribution in [0.5, 0.6) is 0 Å². The molecule has 0 aliphatic heterocycles. The molecule has 0 spiro atoms. The summed E-state index contributed by atoms with van der Waals surface area (Å²) < 4.78 is 2.45. The molecule has 1 aromatic rings. The Bertz CT molecular complexity index is 329. The number of rotatable bonds is 5. The van der Waals surface area contributed by atoms with Gasteiger partial charge in [-0.3, -0.25) is 0 Å². The van der Waals surface area contributed by atoms with Crippen molar-refractivity contribution in [3.63, 3.8) is 0 Å². The number of benzene rings is 1. The van der Waals surface area contributed by atoms with Gasteiger partial charge in [0.05, 0.1) is 0 Å². The van der Waals surface area contributed by atoms with Crippen LogP contribution in [0.2, 0.25) is 0 Å². The van der Waals surface area contributed by atoms with E-state index in [1.807, 2.05) is 6.08 Å². The van der Waals surface area contributed by atoms with Crippen LogP contribution in [0.25, 0.3) is 6.08 Å². The van der Waals surface area contributed by atoms with E-state index in [0.29, 0.717) is 0 Å². The molecule has 0 bridgehead atoms. The van der Waals surface area contributed by atoms with E-state index in [1.54, 1.807) is 0 Å². The molecule has 0 N–H and O–H groups in total. The van der Waals surface area contributed by atoms with E-state index in [4.69, 9.17) is 0 Å². The van der Waals surface area contributed by atoms with E-state index in [1.165, 1.54) is 16.3 Å². The predicted octanol–water partition coefficient (Wildman–Crippen LogP) is 2.22. The van der Waals surface area contributed by atoms with Crippen molar-refractivity contribution in [3.8, 4) is 0 Å². The molecule has 1 aromatic carbocycles. The topological polar surface area (TPSA) is 3.24 Å². The maximum Gasteiger partial charge on any atom is 0.182 e. The van der Waals surface area contributed by atoms with Gasteiger partial charge >= 0.3 is 0 Å². The van der Waals surface area contributed by atoms with Gasteiger partial charge < -0.3 is 4.57 Å². The Labute approximate surface area is 95.7 Å². The fourth-order valence-corrected chi connectivity index (χ4v) is 2.69. The van der Waals surface area contributed by atoms with Gasteiger partial charge in [0.1, 0.15) is 0 Å². The zero-order valence-electron chi connectivity index (χ0n) is 9.88. The van der Waals surface area contributed by atoms with Crippen molar-refractivity contribution < 1.29 is 0 Å². The lowest BCUT2D eigenvalue weighted by Crippen LogP contribution is -2.37. The first-order valence-electron chi connectivity index (χ1n) is 5.46. The average molecular weight is 217 g/mol. The van der Waals surface area contributed by atoms with Crippen molar-refractivity contribution >= 4 is 20.9 Å². The highest BCUT2D eigenvalue weighted by Crippen LogP contribution is 2.06. The minimum atomic E-state index is 0.779. The third-order valence-corrected chi connectivity index (χ3v) is 4.37. The Morgan fingerprint density at radius 1 is 1.33 bits per heavy atom. The summed E-state index contributed by atoms with van der Waals surface area (Å²) in [5, 5.41) is 1.44. The standard InChI is InChI=1S/C13H19NSi/c1-5-12-9-8-10-13(11(12)4)15-14(6-2)7-3/h5,8-10H,1,6-7H2,2-4H3. The molecule has 0 amide bonds. The molecule has 0 unspecified atom stereocenters. The second-order valence-corrected chi connectivity index (χ2v) is 4.90. The first-order valence-corrected chi connectivity index (χ1v) is 6.41. The maximum absolute atomic E-state index is 3.84. The Morgan fingerprint density at radius 3 is 2.53 bits per heavy atom. The second kappa shape index (κ2) is 5.88. The van der Waals surface area contributed by atoms with Crippen LogP contribution < -0.4 is 5.19 Å². The van der Waals surface area contributed by atoms with E-state index in [9.17, 15) is 0 Å². The number of nitrogens with zero attached hydrogens (tertiary/aromatic N) is 1. The van der Waals surface area contributed by atoms with E-state index < -0.39 is 0 Å². The fourth-order valence-electron chi connectivity index (χ4n) is 1.55. The third kappa shape index (κ3) is 3.04. The summed E-state index contributed by atoms with van der Waals surface area (Å²) >= 11 is 0. The third-order valence-electron chi connectivity index (χ3n) is 2.64. The van der Waals surface area contributed by atoms with Crippen molar-refractivity contribution in [2.24, 2.45) is 0 Å². The zero-order valence-corrected chi connectivity index (χ0v) is 10.9. The predicted molar refractivity (Wildman–Crippen MR) is 69.6 cm³/mol. The van der Waals surface area contributed by atoms with Gasteiger partial charge in [-0.05, 0) is 36.3 Å². The summed E-state index contributed by atoms with van der Waals surface area (Å²) in [7, 11) is 0.779. The average Bonchev–Trinajstić information content (AvgIpc) is 2.28. The Balaban J connectivity index is 2.89. The van der Waals surface area contributed by atoms with Gasteiger partial charge in [-0.2, -0.15) is 0 Å². The van der Waals surface area contributed by atoms with Gasteiger partial charge in [-0.25, -0.2) is 0 Å². The molecule has 2 radical (unpaired) electrons. The van der Waals surface area contributed by atoms with E-state index in [2.05, 4.69) is 50.1 Å². The lowest BCUT2D eigenvalue weighted by molar-refractivity contribution is 0.498. The van der Waals surface area contributed by atoms with Crippen LogP contribution in [0.15, 0.2) is 24.8 Å². The molecule has 0 atom stereocenters. The normalized spacial score (nSPS) is 10.7. The molecular weight excluding hydrogens is 198 g/mol. The summed E-state index contributed by atoms with van der Waals surface area (Å²) in [6.07, 6.45) is 1.94. The first-order chi connectivity index (χ1) is 7.22. The lowest BCUT2D eigenvalue weighted by Gasteiger charge is -2.18. The molecule has 15 heavy (non-hydrogen) atoms.